The first kappa shape index (κ1) is 11.1. The Labute approximate surface area is 84.8 Å². The Morgan fingerprint density at radius 3 is 2.67 bits per heavy atom. The van der Waals surface area contributed by atoms with Gasteiger partial charge in [-0.2, -0.15) is 10.2 Å². The monoisotopic (exact) mass is 211 g/mol. The Hall–Kier alpha value is -2.02. The molecule has 80 valence electrons. The maximum absolute atomic E-state index is 11.4. The predicted molar refractivity (Wildman–Crippen MR) is 48.0 cm³/mol. The van der Waals surface area contributed by atoms with Crippen LogP contribution in [0.5, 0.6) is 0 Å². The van der Waals surface area contributed by atoms with Gasteiger partial charge < -0.3 is 15.5 Å². The fourth-order valence-corrected chi connectivity index (χ4v) is 0.852. The number of rotatable bonds is 4. The minimum absolute atomic E-state index is 0.185. The molecule has 1 amide bonds. The van der Waals surface area contributed by atoms with Crippen LogP contribution in [-0.2, 0) is 4.79 Å². The number of nitrogens with one attached hydrogen (secondary N) is 1. The lowest BCUT2D eigenvalue weighted by Gasteiger charge is -2.10. The first-order valence-corrected chi connectivity index (χ1v) is 4.06. The Morgan fingerprint density at radius 2 is 2.20 bits per heavy atom. The number of carbonyl (C=O) groups excluding carboxylic acids is 1. The normalized spacial score (nSPS) is 11.8. The van der Waals surface area contributed by atoms with Gasteiger partial charge in [0.1, 0.15) is 0 Å². The highest BCUT2D eigenvalue weighted by Crippen LogP contribution is 1.95. The summed E-state index contributed by atoms with van der Waals surface area (Å²) in [6.07, 6.45) is 2.51. The largest absolute Gasteiger partial charge is 0.480 e. The van der Waals surface area contributed by atoms with Crippen molar-refractivity contribution in [2.45, 2.75) is 6.04 Å². The van der Waals surface area contributed by atoms with Gasteiger partial charge in [0.2, 0.25) is 0 Å². The average molecular weight is 211 g/mol. The molecule has 1 heterocycles. The van der Waals surface area contributed by atoms with Crippen molar-refractivity contribution in [2.24, 2.45) is 0 Å². The van der Waals surface area contributed by atoms with Crippen molar-refractivity contribution in [3.05, 3.63) is 24.0 Å². The lowest BCUT2D eigenvalue weighted by atomic mass is 10.2. The molecule has 1 aromatic heterocycles. The molecule has 0 aromatic carbocycles. The lowest BCUT2D eigenvalue weighted by Crippen LogP contribution is -2.43. The summed E-state index contributed by atoms with van der Waals surface area (Å²) in [7, 11) is 0. The van der Waals surface area contributed by atoms with Crippen LogP contribution < -0.4 is 5.32 Å². The third kappa shape index (κ3) is 2.99. The summed E-state index contributed by atoms with van der Waals surface area (Å²) in [5.74, 6) is -1.92. The average Bonchev–Trinajstić information content (AvgIpc) is 2.26. The molecular weight excluding hydrogens is 202 g/mol. The molecule has 3 N–H and O–H groups in total. The summed E-state index contributed by atoms with van der Waals surface area (Å²) in [5, 5.41) is 26.3. The molecule has 0 radical (unpaired) electrons. The number of aliphatic hydroxyl groups is 1. The number of aliphatic hydroxyl groups excluding tert-OH is 1. The van der Waals surface area contributed by atoms with Crippen LogP contribution in [-0.4, -0.2) is 44.9 Å². The third-order valence-electron chi connectivity index (χ3n) is 1.63. The molecule has 7 heteroatoms. The van der Waals surface area contributed by atoms with E-state index in [9.17, 15) is 9.59 Å². The standard InChI is InChI=1S/C8H9N3O4/c12-4-6(8(14)15)11-7(13)5-1-2-9-10-3-5/h1-3,6,12H,4H2,(H,11,13)(H,14,15)/t6-/m1/s1. The Kier molecular flexibility index (Phi) is 3.69. The molecule has 7 nitrogen and oxygen atoms in total. The van der Waals surface area contributed by atoms with Crippen molar-refractivity contribution in [1.82, 2.24) is 15.5 Å². The van der Waals surface area contributed by atoms with E-state index in [1.165, 1.54) is 18.5 Å². The molecule has 0 saturated heterocycles. The first-order chi connectivity index (χ1) is 7.15. The molecule has 0 aliphatic rings. The van der Waals surface area contributed by atoms with E-state index in [1.807, 2.05) is 0 Å². The van der Waals surface area contributed by atoms with E-state index in [0.717, 1.165) is 0 Å². The summed E-state index contributed by atoms with van der Waals surface area (Å²) < 4.78 is 0. The van der Waals surface area contributed by atoms with Crippen LogP contribution in [0, 0.1) is 0 Å². The third-order valence-corrected chi connectivity index (χ3v) is 1.63. The van der Waals surface area contributed by atoms with Crippen molar-refractivity contribution in [1.29, 1.82) is 0 Å². The van der Waals surface area contributed by atoms with E-state index < -0.39 is 24.5 Å². The number of hydrogen-bond acceptors (Lipinski definition) is 5. The SMILES string of the molecule is O=C(N[C@H](CO)C(=O)O)c1ccnnc1. The van der Waals surface area contributed by atoms with Gasteiger partial charge in [0.25, 0.3) is 5.91 Å². The molecule has 0 aliphatic carbocycles. The van der Waals surface area contributed by atoms with Crippen LogP contribution in [0.15, 0.2) is 18.5 Å². The Morgan fingerprint density at radius 1 is 1.47 bits per heavy atom. The van der Waals surface area contributed by atoms with Gasteiger partial charge in [0.15, 0.2) is 6.04 Å². The van der Waals surface area contributed by atoms with Crippen LogP contribution >= 0.6 is 0 Å². The highest BCUT2D eigenvalue weighted by molar-refractivity contribution is 5.96. The molecule has 0 saturated carbocycles. The summed E-state index contributed by atoms with van der Waals surface area (Å²) in [6, 6.07) is 0.0733. The van der Waals surface area contributed by atoms with Crippen LogP contribution in [0.25, 0.3) is 0 Å². The van der Waals surface area contributed by atoms with Gasteiger partial charge in [0.05, 0.1) is 24.6 Å². The van der Waals surface area contributed by atoms with Gasteiger partial charge in [-0.25, -0.2) is 4.79 Å². The summed E-state index contributed by atoms with van der Waals surface area (Å²) in [5.41, 5.74) is 0.185. The van der Waals surface area contributed by atoms with Crippen LogP contribution in [0.2, 0.25) is 0 Å². The second-order valence-corrected chi connectivity index (χ2v) is 2.68. The minimum atomic E-state index is -1.31. The molecule has 0 fully saturated rings. The second-order valence-electron chi connectivity index (χ2n) is 2.68. The van der Waals surface area contributed by atoms with Crippen LogP contribution in [0.1, 0.15) is 10.4 Å². The lowest BCUT2D eigenvalue weighted by molar-refractivity contribution is -0.140. The highest BCUT2D eigenvalue weighted by atomic mass is 16.4. The zero-order valence-corrected chi connectivity index (χ0v) is 7.62. The van der Waals surface area contributed by atoms with Crippen molar-refractivity contribution >= 4 is 11.9 Å². The van der Waals surface area contributed by atoms with E-state index >= 15 is 0 Å². The van der Waals surface area contributed by atoms with Crippen LogP contribution in [0.4, 0.5) is 0 Å². The molecule has 0 aliphatic heterocycles. The number of carboxylic acid groups (broad SMARTS) is 1. The van der Waals surface area contributed by atoms with E-state index in [4.69, 9.17) is 10.2 Å². The van der Waals surface area contributed by atoms with Gasteiger partial charge >= 0.3 is 5.97 Å². The molecule has 1 aromatic rings. The van der Waals surface area contributed by atoms with Crippen molar-refractivity contribution in [2.75, 3.05) is 6.61 Å². The topological polar surface area (TPSA) is 112 Å². The van der Waals surface area contributed by atoms with Crippen molar-refractivity contribution in [3.63, 3.8) is 0 Å². The highest BCUT2D eigenvalue weighted by Gasteiger charge is 2.19. The first-order valence-electron chi connectivity index (χ1n) is 4.06. The maximum atomic E-state index is 11.4. The predicted octanol–water partition coefficient (Wildman–Crippen LogP) is -1.35. The summed E-state index contributed by atoms with van der Waals surface area (Å²) in [6.45, 7) is -0.667. The van der Waals surface area contributed by atoms with E-state index in [-0.39, 0.29) is 5.56 Å². The molecule has 15 heavy (non-hydrogen) atoms. The van der Waals surface area contributed by atoms with E-state index in [2.05, 4.69) is 15.5 Å². The van der Waals surface area contributed by atoms with Crippen molar-refractivity contribution in [3.8, 4) is 0 Å². The number of aliphatic carboxylic acids is 1. The summed E-state index contributed by atoms with van der Waals surface area (Å²) >= 11 is 0. The van der Waals surface area contributed by atoms with Crippen LogP contribution in [0.3, 0.4) is 0 Å². The fourth-order valence-electron chi connectivity index (χ4n) is 0.852. The van der Waals surface area contributed by atoms with E-state index in [0.29, 0.717) is 0 Å². The van der Waals surface area contributed by atoms with E-state index in [1.54, 1.807) is 0 Å². The molecule has 0 unspecified atom stereocenters. The van der Waals surface area contributed by atoms with Gasteiger partial charge in [-0.1, -0.05) is 0 Å². The van der Waals surface area contributed by atoms with Gasteiger partial charge in [0, 0.05) is 0 Å². The molecule has 1 atom stereocenters. The van der Waals surface area contributed by atoms with Gasteiger partial charge in [-0.05, 0) is 6.07 Å². The number of carbonyl (C=O) groups is 2. The molecule has 0 spiro atoms. The maximum Gasteiger partial charge on any atom is 0.328 e. The second kappa shape index (κ2) is 5.01. The fraction of sp³-hybridized carbons (Fsp3) is 0.250. The number of hydrogen-bond donors (Lipinski definition) is 3. The molecule has 0 bridgehead atoms. The van der Waals surface area contributed by atoms with Gasteiger partial charge in [-0.3, -0.25) is 4.79 Å². The number of amides is 1. The van der Waals surface area contributed by atoms with Crippen molar-refractivity contribution < 1.29 is 19.8 Å². The zero-order valence-electron chi connectivity index (χ0n) is 7.62. The Balaban J connectivity index is 2.67. The minimum Gasteiger partial charge on any atom is -0.480 e. The molecular formula is C8H9N3O4. The quantitative estimate of drug-likeness (QED) is 0.567. The molecule has 1 rings (SSSR count). The smallest absolute Gasteiger partial charge is 0.328 e. The zero-order chi connectivity index (χ0) is 11.3. The van der Waals surface area contributed by atoms with Gasteiger partial charge in [-0.15, -0.1) is 0 Å². The number of aromatic nitrogens is 2. The Bertz CT molecular complexity index is 354. The number of carboxylic acids is 1. The number of nitrogens with zero attached hydrogens (tertiary/aromatic N) is 2. The summed E-state index contributed by atoms with van der Waals surface area (Å²) in [4.78, 5) is 21.9.